The van der Waals surface area contributed by atoms with Crippen LogP contribution in [0.15, 0.2) is 48.5 Å². The van der Waals surface area contributed by atoms with Crippen molar-refractivity contribution >= 4 is 17.6 Å². The Morgan fingerprint density at radius 1 is 1.00 bits per heavy atom. The van der Waals surface area contributed by atoms with Gasteiger partial charge in [0.15, 0.2) is 0 Å². The minimum absolute atomic E-state index is 0.0715. The Bertz CT molecular complexity index is 862. The summed E-state index contributed by atoms with van der Waals surface area (Å²) in [5.74, 6) is -0.438. The number of rotatable bonds is 6. The van der Waals surface area contributed by atoms with Crippen LogP contribution in [0.2, 0.25) is 0 Å². The molecule has 2 aliphatic rings. The number of likely N-dealkylation sites (tertiary alicyclic amines) is 1. The average molecular weight is 392 g/mol. The molecule has 0 radical (unpaired) electrons. The predicted molar refractivity (Wildman–Crippen MR) is 113 cm³/mol. The van der Waals surface area contributed by atoms with Gasteiger partial charge in [-0.05, 0) is 73.5 Å². The first-order chi connectivity index (χ1) is 14.1. The zero-order chi connectivity index (χ0) is 20.2. The molecule has 0 spiro atoms. The maximum atomic E-state index is 12.5. The van der Waals surface area contributed by atoms with Crippen LogP contribution in [0, 0.1) is 11.8 Å². The fraction of sp³-hybridized carbons (Fsp3) is 0.417. The van der Waals surface area contributed by atoms with Gasteiger partial charge >= 0.3 is 5.97 Å². The molecule has 0 unspecified atom stereocenters. The number of hydrogen-bond donors (Lipinski definition) is 2. The fourth-order valence-electron chi connectivity index (χ4n) is 4.61. The molecule has 2 aromatic rings. The summed E-state index contributed by atoms with van der Waals surface area (Å²) in [6.07, 6.45) is 3.92. The molecule has 4 rings (SSSR count). The van der Waals surface area contributed by atoms with Crippen molar-refractivity contribution in [1.29, 1.82) is 0 Å². The summed E-state index contributed by atoms with van der Waals surface area (Å²) in [5, 5.41) is 12.2. The topological polar surface area (TPSA) is 69.6 Å². The number of carbonyl (C=O) groups excluding carboxylic acids is 1. The smallest absolute Gasteiger partial charge is 0.306 e. The molecule has 5 heteroatoms. The Kier molecular flexibility index (Phi) is 5.95. The minimum atomic E-state index is -0.681. The number of fused-ring (bicyclic) bond motifs is 1. The van der Waals surface area contributed by atoms with E-state index in [9.17, 15) is 9.59 Å². The fourth-order valence-corrected chi connectivity index (χ4v) is 4.61. The highest BCUT2D eigenvalue weighted by molar-refractivity contribution is 5.91. The average Bonchev–Trinajstić information content (AvgIpc) is 3.10. The predicted octanol–water partition coefficient (Wildman–Crippen LogP) is 3.73. The molecule has 152 valence electrons. The second kappa shape index (κ2) is 8.78. The zero-order valence-corrected chi connectivity index (χ0v) is 16.6. The van der Waals surface area contributed by atoms with E-state index in [1.54, 1.807) is 0 Å². The lowest BCUT2D eigenvalue weighted by molar-refractivity contribution is -0.143. The van der Waals surface area contributed by atoms with Gasteiger partial charge in [0, 0.05) is 18.7 Å². The lowest BCUT2D eigenvalue weighted by atomic mass is 9.97. The number of hydrogen-bond acceptors (Lipinski definition) is 3. The van der Waals surface area contributed by atoms with Crippen LogP contribution in [0.4, 0.5) is 5.69 Å². The number of carboxylic acid groups (broad SMARTS) is 1. The molecule has 5 nitrogen and oxygen atoms in total. The van der Waals surface area contributed by atoms with E-state index in [-0.39, 0.29) is 11.8 Å². The van der Waals surface area contributed by atoms with E-state index < -0.39 is 5.97 Å². The first-order valence-electron chi connectivity index (χ1n) is 10.5. The van der Waals surface area contributed by atoms with Crippen molar-refractivity contribution in [3.8, 4) is 0 Å². The lowest BCUT2D eigenvalue weighted by Gasteiger charge is -2.30. The Labute approximate surface area is 171 Å². The number of benzene rings is 2. The van der Waals surface area contributed by atoms with Crippen molar-refractivity contribution in [3.05, 3.63) is 65.2 Å². The molecule has 1 fully saturated rings. The molecule has 1 heterocycles. The van der Waals surface area contributed by atoms with Crippen LogP contribution in [-0.4, -0.2) is 35.0 Å². The van der Waals surface area contributed by atoms with Crippen molar-refractivity contribution in [3.63, 3.8) is 0 Å². The van der Waals surface area contributed by atoms with Gasteiger partial charge in [0.25, 0.3) is 0 Å². The monoisotopic (exact) mass is 392 g/mol. The second-order valence-electron chi connectivity index (χ2n) is 8.38. The highest BCUT2D eigenvalue weighted by Gasteiger charge is 2.25. The van der Waals surface area contributed by atoms with Crippen molar-refractivity contribution in [2.24, 2.45) is 11.8 Å². The largest absolute Gasteiger partial charge is 0.481 e. The van der Waals surface area contributed by atoms with Gasteiger partial charge in [-0.15, -0.1) is 0 Å². The van der Waals surface area contributed by atoms with Gasteiger partial charge in [-0.3, -0.25) is 14.5 Å². The molecule has 2 aromatic carbocycles. The van der Waals surface area contributed by atoms with Crippen molar-refractivity contribution < 1.29 is 14.7 Å². The summed E-state index contributed by atoms with van der Waals surface area (Å²) in [5.41, 5.74) is 4.73. The molecule has 1 aliphatic carbocycles. The third-order valence-electron chi connectivity index (χ3n) is 6.16. The summed E-state index contributed by atoms with van der Waals surface area (Å²) in [6, 6.07) is 16.5. The van der Waals surface area contributed by atoms with Gasteiger partial charge in [0.1, 0.15) is 0 Å². The van der Waals surface area contributed by atoms with Gasteiger partial charge in [-0.25, -0.2) is 0 Å². The normalized spacial score (nSPS) is 17.8. The molecular formula is C24H28N2O3. The van der Waals surface area contributed by atoms with Crippen LogP contribution < -0.4 is 5.32 Å². The summed E-state index contributed by atoms with van der Waals surface area (Å²) in [4.78, 5) is 25.9. The van der Waals surface area contributed by atoms with Crippen LogP contribution in [-0.2, 0) is 29.0 Å². The van der Waals surface area contributed by atoms with Crippen molar-refractivity contribution in [2.75, 3.05) is 18.4 Å². The Balaban J connectivity index is 1.28. The minimum Gasteiger partial charge on any atom is -0.481 e. The van der Waals surface area contributed by atoms with Crippen molar-refractivity contribution in [2.45, 2.75) is 38.6 Å². The van der Waals surface area contributed by atoms with E-state index in [2.05, 4.69) is 40.5 Å². The first-order valence-corrected chi connectivity index (χ1v) is 10.5. The Hall–Kier alpha value is -2.66. The Morgan fingerprint density at radius 3 is 2.34 bits per heavy atom. The number of nitrogens with one attached hydrogen (secondary N) is 1. The van der Waals surface area contributed by atoms with Crippen molar-refractivity contribution in [1.82, 2.24) is 4.90 Å². The molecule has 1 amide bonds. The number of carboxylic acids is 1. The summed E-state index contributed by atoms with van der Waals surface area (Å²) in [7, 11) is 0. The molecule has 1 saturated heterocycles. The van der Waals surface area contributed by atoms with Gasteiger partial charge in [-0.2, -0.15) is 0 Å². The summed E-state index contributed by atoms with van der Waals surface area (Å²) < 4.78 is 0. The zero-order valence-electron chi connectivity index (χ0n) is 16.6. The first kappa shape index (κ1) is 19.6. The van der Waals surface area contributed by atoms with Gasteiger partial charge < -0.3 is 10.4 Å². The molecule has 29 heavy (non-hydrogen) atoms. The van der Waals surface area contributed by atoms with Crippen LogP contribution in [0.3, 0.4) is 0 Å². The number of amides is 1. The molecule has 2 N–H and O–H groups in total. The van der Waals surface area contributed by atoms with E-state index in [1.807, 2.05) is 18.2 Å². The Morgan fingerprint density at radius 2 is 1.69 bits per heavy atom. The van der Waals surface area contributed by atoms with Gasteiger partial charge in [0.2, 0.25) is 5.91 Å². The third-order valence-corrected chi connectivity index (χ3v) is 6.16. The van der Waals surface area contributed by atoms with Gasteiger partial charge in [0.05, 0.1) is 5.92 Å². The summed E-state index contributed by atoms with van der Waals surface area (Å²) in [6.45, 7) is 2.39. The number of anilines is 1. The van der Waals surface area contributed by atoms with E-state index in [1.165, 1.54) is 11.1 Å². The van der Waals surface area contributed by atoms with Gasteiger partial charge in [-0.1, -0.05) is 36.4 Å². The molecule has 1 aliphatic heterocycles. The summed E-state index contributed by atoms with van der Waals surface area (Å²) >= 11 is 0. The number of aliphatic carboxylic acids is 1. The third kappa shape index (κ3) is 5.04. The van der Waals surface area contributed by atoms with E-state index in [4.69, 9.17) is 5.11 Å². The molecule has 0 atom stereocenters. The molecular weight excluding hydrogens is 364 g/mol. The van der Waals surface area contributed by atoms with Crippen LogP contribution >= 0.6 is 0 Å². The standard InChI is InChI=1S/C24H28N2O3/c27-23(15-18-12-20-5-1-2-6-21(20)13-18)25-22-7-3-4-17(14-22)16-26-10-8-19(9-11-26)24(28)29/h1-7,14,18-19H,8-13,15-16H2,(H,25,27)(H,28,29). The van der Waals surface area contributed by atoms with Crippen LogP contribution in [0.25, 0.3) is 0 Å². The molecule has 0 bridgehead atoms. The molecule has 0 saturated carbocycles. The highest BCUT2D eigenvalue weighted by Crippen LogP contribution is 2.29. The maximum absolute atomic E-state index is 12.5. The maximum Gasteiger partial charge on any atom is 0.306 e. The SMILES string of the molecule is O=C(CC1Cc2ccccc2C1)Nc1cccc(CN2CCC(C(=O)O)CC2)c1. The lowest BCUT2D eigenvalue weighted by Crippen LogP contribution is -2.35. The molecule has 0 aromatic heterocycles. The number of carbonyl (C=O) groups is 2. The highest BCUT2D eigenvalue weighted by atomic mass is 16.4. The second-order valence-corrected chi connectivity index (χ2v) is 8.38. The quantitative estimate of drug-likeness (QED) is 0.786. The van der Waals surface area contributed by atoms with Crippen LogP contribution in [0.5, 0.6) is 0 Å². The number of nitrogens with zero attached hydrogens (tertiary/aromatic N) is 1. The number of piperidine rings is 1. The van der Waals surface area contributed by atoms with E-state index in [0.29, 0.717) is 25.2 Å². The van der Waals surface area contributed by atoms with E-state index >= 15 is 0 Å². The van der Waals surface area contributed by atoms with E-state index in [0.717, 1.165) is 43.7 Å². The van der Waals surface area contributed by atoms with Crippen LogP contribution in [0.1, 0.15) is 36.0 Å².